The minimum Gasteiger partial charge on any atom is -0.489 e. The third kappa shape index (κ3) is 3.89. The van der Waals surface area contributed by atoms with Crippen molar-refractivity contribution in [3.05, 3.63) is 76.6 Å². The SMILES string of the molecule is CC1=CCCc2cc(OC/C(C)=C/c3ccc(F)cc3)ccc21. The molecule has 23 heavy (non-hydrogen) atoms. The van der Waals surface area contributed by atoms with Gasteiger partial charge in [-0.25, -0.2) is 4.39 Å². The van der Waals surface area contributed by atoms with Crippen LogP contribution in [0.15, 0.2) is 54.1 Å². The van der Waals surface area contributed by atoms with Gasteiger partial charge < -0.3 is 4.74 Å². The first-order valence-corrected chi connectivity index (χ1v) is 7.97. The van der Waals surface area contributed by atoms with Gasteiger partial charge >= 0.3 is 0 Å². The fraction of sp³-hybridized carbons (Fsp3) is 0.238. The maximum Gasteiger partial charge on any atom is 0.123 e. The zero-order valence-corrected chi connectivity index (χ0v) is 13.6. The van der Waals surface area contributed by atoms with Crippen molar-refractivity contribution in [2.75, 3.05) is 6.61 Å². The van der Waals surface area contributed by atoms with Gasteiger partial charge in [0.25, 0.3) is 0 Å². The van der Waals surface area contributed by atoms with Crippen molar-refractivity contribution >= 4 is 11.6 Å². The molecule has 1 nitrogen and oxygen atoms in total. The smallest absolute Gasteiger partial charge is 0.123 e. The van der Waals surface area contributed by atoms with Gasteiger partial charge in [0, 0.05) is 0 Å². The Kier molecular flexibility index (Phi) is 4.61. The molecular formula is C21H21FO. The highest BCUT2D eigenvalue weighted by molar-refractivity contribution is 5.69. The zero-order valence-electron chi connectivity index (χ0n) is 13.6. The van der Waals surface area contributed by atoms with Crippen LogP contribution >= 0.6 is 0 Å². The van der Waals surface area contributed by atoms with Crippen LogP contribution < -0.4 is 4.74 Å². The lowest BCUT2D eigenvalue weighted by molar-refractivity contribution is 0.353. The van der Waals surface area contributed by atoms with Crippen molar-refractivity contribution in [2.45, 2.75) is 26.7 Å². The summed E-state index contributed by atoms with van der Waals surface area (Å²) < 4.78 is 18.8. The topological polar surface area (TPSA) is 9.23 Å². The quantitative estimate of drug-likeness (QED) is 0.708. The van der Waals surface area contributed by atoms with E-state index in [-0.39, 0.29) is 5.82 Å². The van der Waals surface area contributed by atoms with E-state index in [0.717, 1.165) is 29.7 Å². The minimum absolute atomic E-state index is 0.213. The Bertz CT molecular complexity index is 754. The van der Waals surface area contributed by atoms with Crippen LogP contribution in [0.2, 0.25) is 0 Å². The second-order valence-electron chi connectivity index (χ2n) is 6.08. The van der Waals surface area contributed by atoms with E-state index in [1.54, 1.807) is 12.1 Å². The first-order chi connectivity index (χ1) is 11.1. The average molecular weight is 308 g/mol. The molecule has 0 bridgehead atoms. The number of fused-ring (bicyclic) bond motifs is 1. The van der Waals surface area contributed by atoms with E-state index in [0.29, 0.717) is 6.61 Å². The predicted octanol–water partition coefficient (Wildman–Crippen LogP) is 5.66. The fourth-order valence-electron chi connectivity index (χ4n) is 2.89. The van der Waals surface area contributed by atoms with Crippen LogP contribution in [0.1, 0.15) is 37.0 Å². The number of hydrogen-bond donors (Lipinski definition) is 0. The zero-order chi connectivity index (χ0) is 16.2. The Balaban J connectivity index is 1.66. The monoisotopic (exact) mass is 308 g/mol. The average Bonchev–Trinajstić information content (AvgIpc) is 2.55. The second kappa shape index (κ2) is 6.82. The number of aryl methyl sites for hydroxylation is 1. The van der Waals surface area contributed by atoms with E-state index in [2.05, 4.69) is 25.1 Å². The van der Waals surface area contributed by atoms with Gasteiger partial charge in [-0.15, -0.1) is 0 Å². The molecule has 0 aliphatic heterocycles. The van der Waals surface area contributed by atoms with Crippen LogP contribution in [0.5, 0.6) is 5.75 Å². The maximum atomic E-state index is 12.9. The van der Waals surface area contributed by atoms with Crippen LogP contribution in [0.25, 0.3) is 11.6 Å². The first kappa shape index (κ1) is 15.5. The van der Waals surface area contributed by atoms with Gasteiger partial charge in [-0.1, -0.05) is 30.4 Å². The Labute approximate surface area is 137 Å². The lowest BCUT2D eigenvalue weighted by atomic mass is 9.92. The third-order valence-electron chi connectivity index (χ3n) is 4.12. The lowest BCUT2D eigenvalue weighted by Crippen LogP contribution is -2.02. The van der Waals surface area contributed by atoms with Crippen molar-refractivity contribution in [1.29, 1.82) is 0 Å². The summed E-state index contributed by atoms with van der Waals surface area (Å²) in [6, 6.07) is 12.8. The molecule has 1 aliphatic rings. The molecule has 118 valence electrons. The summed E-state index contributed by atoms with van der Waals surface area (Å²) >= 11 is 0. The summed E-state index contributed by atoms with van der Waals surface area (Å²) in [5.74, 6) is 0.694. The van der Waals surface area contributed by atoms with E-state index < -0.39 is 0 Å². The molecule has 1 aliphatic carbocycles. The van der Waals surface area contributed by atoms with Crippen molar-refractivity contribution < 1.29 is 9.13 Å². The van der Waals surface area contributed by atoms with Gasteiger partial charge in [-0.2, -0.15) is 0 Å². The molecule has 0 heterocycles. The highest BCUT2D eigenvalue weighted by Gasteiger charge is 2.10. The number of allylic oxidation sites excluding steroid dienone is 2. The molecule has 0 unspecified atom stereocenters. The van der Waals surface area contributed by atoms with E-state index in [4.69, 9.17) is 4.74 Å². The van der Waals surface area contributed by atoms with Crippen LogP contribution in [0.3, 0.4) is 0 Å². The normalized spacial score (nSPS) is 14.2. The van der Waals surface area contributed by atoms with Crippen molar-refractivity contribution in [1.82, 2.24) is 0 Å². The third-order valence-corrected chi connectivity index (χ3v) is 4.12. The fourth-order valence-corrected chi connectivity index (χ4v) is 2.89. The molecule has 0 spiro atoms. The standard InChI is InChI=1S/C21H21FO/c1-15(12-17-6-8-19(22)9-7-17)14-23-20-10-11-21-16(2)4-3-5-18(21)13-20/h4,6-13H,3,5,14H2,1-2H3/b15-12+. The van der Waals surface area contributed by atoms with Gasteiger partial charge in [0.1, 0.15) is 18.2 Å². The maximum absolute atomic E-state index is 12.9. The molecule has 3 rings (SSSR count). The largest absolute Gasteiger partial charge is 0.489 e. The molecule has 0 fully saturated rings. The van der Waals surface area contributed by atoms with Crippen LogP contribution in [0, 0.1) is 5.82 Å². The van der Waals surface area contributed by atoms with Crippen LogP contribution in [-0.2, 0) is 6.42 Å². The van der Waals surface area contributed by atoms with E-state index in [9.17, 15) is 4.39 Å². The Hall–Kier alpha value is -2.35. The predicted molar refractivity (Wildman–Crippen MR) is 94.0 cm³/mol. The first-order valence-electron chi connectivity index (χ1n) is 7.97. The van der Waals surface area contributed by atoms with Crippen LogP contribution in [0.4, 0.5) is 4.39 Å². The molecule has 0 N–H and O–H groups in total. The second-order valence-corrected chi connectivity index (χ2v) is 6.08. The van der Waals surface area contributed by atoms with Gasteiger partial charge in [0.05, 0.1) is 0 Å². The highest BCUT2D eigenvalue weighted by Crippen LogP contribution is 2.29. The van der Waals surface area contributed by atoms with Crippen molar-refractivity contribution in [2.24, 2.45) is 0 Å². The van der Waals surface area contributed by atoms with Gasteiger partial charge in [-0.05, 0) is 78.8 Å². The number of benzene rings is 2. The molecule has 0 amide bonds. The Morgan fingerprint density at radius 3 is 2.74 bits per heavy atom. The summed E-state index contributed by atoms with van der Waals surface area (Å²) in [6.45, 7) is 4.72. The van der Waals surface area contributed by atoms with E-state index in [1.807, 2.05) is 19.1 Å². The number of ether oxygens (including phenoxy) is 1. The lowest BCUT2D eigenvalue weighted by Gasteiger charge is -2.16. The summed E-state index contributed by atoms with van der Waals surface area (Å²) in [4.78, 5) is 0. The molecule has 2 heteroatoms. The number of halogens is 1. The molecule has 2 aromatic carbocycles. The van der Waals surface area contributed by atoms with Crippen LogP contribution in [-0.4, -0.2) is 6.61 Å². The van der Waals surface area contributed by atoms with Gasteiger partial charge in [0.15, 0.2) is 0 Å². The molecule has 2 aromatic rings. The van der Waals surface area contributed by atoms with Gasteiger partial charge in [-0.3, -0.25) is 0 Å². The van der Waals surface area contributed by atoms with Crippen molar-refractivity contribution in [3.63, 3.8) is 0 Å². The summed E-state index contributed by atoms with van der Waals surface area (Å²) in [5, 5.41) is 0. The van der Waals surface area contributed by atoms with E-state index in [1.165, 1.54) is 28.8 Å². The van der Waals surface area contributed by atoms with Crippen molar-refractivity contribution in [3.8, 4) is 5.75 Å². The summed E-state index contributed by atoms with van der Waals surface area (Å²) in [7, 11) is 0. The molecule has 0 saturated heterocycles. The highest BCUT2D eigenvalue weighted by atomic mass is 19.1. The summed E-state index contributed by atoms with van der Waals surface area (Å²) in [5.41, 5.74) is 6.14. The summed E-state index contributed by atoms with van der Waals surface area (Å²) in [6.07, 6.45) is 6.49. The molecular weight excluding hydrogens is 287 g/mol. The molecule has 0 aromatic heterocycles. The Morgan fingerprint density at radius 2 is 1.96 bits per heavy atom. The number of rotatable bonds is 4. The molecule has 0 saturated carbocycles. The molecule has 0 atom stereocenters. The molecule has 0 radical (unpaired) electrons. The van der Waals surface area contributed by atoms with E-state index >= 15 is 0 Å². The minimum atomic E-state index is -0.213. The van der Waals surface area contributed by atoms with Gasteiger partial charge in [0.2, 0.25) is 0 Å². The Morgan fingerprint density at radius 1 is 1.17 bits per heavy atom. The number of hydrogen-bond acceptors (Lipinski definition) is 1.